The van der Waals surface area contributed by atoms with Gasteiger partial charge in [0.05, 0.1) is 0 Å². The summed E-state index contributed by atoms with van der Waals surface area (Å²) in [7, 11) is 0. The maximum atomic E-state index is 3.92. The highest BCUT2D eigenvalue weighted by atomic mass is 32.2. The molecule has 0 heterocycles. The zero-order valence-electron chi connectivity index (χ0n) is 8.35. The molecule has 0 bridgehead atoms. The molecule has 0 radical (unpaired) electrons. The largest absolute Gasteiger partial charge is 0.128 e. The van der Waals surface area contributed by atoms with Crippen molar-refractivity contribution in [1.29, 1.82) is 0 Å². The highest BCUT2D eigenvalue weighted by Gasteiger charge is 2.17. The van der Waals surface area contributed by atoms with Crippen molar-refractivity contribution in [3.8, 4) is 0 Å². The molecule has 0 rings (SSSR count). The molecular weight excluding hydrogens is 152 g/mol. The molecule has 0 N–H and O–H groups in total. The molecule has 66 valence electrons. The summed E-state index contributed by atoms with van der Waals surface area (Å²) in [6, 6.07) is 0. The molecule has 0 aromatic carbocycles. The van der Waals surface area contributed by atoms with E-state index < -0.39 is 0 Å². The highest BCUT2D eigenvalue weighted by Crippen LogP contribution is 2.30. The van der Waals surface area contributed by atoms with Crippen molar-refractivity contribution in [2.24, 2.45) is 11.8 Å². The minimum Gasteiger partial charge on any atom is -0.128 e. The number of thioether (sulfide) groups is 1. The predicted molar refractivity (Wildman–Crippen MR) is 55.9 cm³/mol. The molecule has 0 saturated heterocycles. The Kier molecular flexibility index (Phi) is 4.91. The zero-order chi connectivity index (χ0) is 9.02. The highest BCUT2D eigenvalue weighted by molar-refractivity contribution is 8.03. The topological polar surface area (TPSA) is 0 Å². The first-order valence-electron chi connectivity index (χ1n) is 4.27. The van der Waals surface area contributed by atoms with Crippen LogP contribution in [0.3, 0.4) is 0 Å². The van der Waals surface area contributed by atoms with Crippen LogP contribution < -0.4 is 0 Å². The lowest BCUT2D eigenvalue weighted by atomic mass is 10.0. The fraction of sp³-hybridized carbons (Fsp3) is 0.800. The van der Waals surface area contributed by atoms with Gasteiger partial charge in [-0.2, -0.15) is 0 Å². The zero-order valence-corrected chi connectivity index (χ0v) is 9.16. The van der Waals surface area contributed by atoms with Crippen LogP contribution >= 0.6 is 11.8 Å². The summed E-state index contributed by atoms with van der Waals surface area (Å²) in [5.74, 6) is 1.49. The van der Waals surface area contributed by atoms with Gasteiger partial charge in [-0.25, -0.2) is 0 Å². The van der Waals surface area contributed by atoms with Crippen molar-refractivity contribution in [2.45, 2.75) is 39.9 Å². The lowest BCUT2D eigenvalue weighted by Gasteiger charge is -2.23. The van der Waals surface area contributed by atoms with Crippen molar-refractivity contribution in [1.82, 2.24) is 0 Å². The van der Waals surface area contributed by atoms with Crippen molar-refractivity contribution < 1.29 is 0 Å². The number of hydrogen-bond acceptors (Lipinski definition) is 1. The van der Waals surface area contributed by atoms with Gasteiger partial charge in [0.25, 0.3) is 0 Å². The molecule has 0 aliphatic heterocycles. The normalized spacial score (nSPS) is 11.6. The van der Waals surface area contributed by atoms with E-state index in [1.165, 1.54) is 4.91 Å². The Hall–Kier alpha value is 0.0900. The Morgan fingerprint density at radius 1 is 1.09 bits per heavy atom. The fourth-order valence-electron chi connectivity index (χ4n) is 1.27. The van der Waals surface area contributed by atoms with Crippen LogP contribution in [0.25, 0.3) is 0 Å². The Balaban J connectivity index is 4.00. The SMILES string of the molecule is C=C(C)SC(C(C)C)C(C)C. The van der Waals surface area contributed by atoms with Crippen LogP contribution in [0.5, 0.6) is 0 Å². The third-order valence-electron chi connectivity index (χ3n) is 1.65. The van der Waals surface area contributed by atoms with Gasteiger partial charge in [0.2, 0.25) is 0 Å². The third kappa shape index (κ3) is 4.52. The minimum absolute atomic E-state index is 0.729. The Bertz CT molecular complexity index is 117. The molecular formula is C10H20S. The molecule has 0 amide bonds. The number of allylic oxidation sites excluding steroid dienone is 1. The van der Waals surface area contributed by atoms with Crippen LogP contribution in [0.1, 0.15) is 34.6 Å². The second-order valence-electron chi connectivity index (χ2n) is 3.77. The molecule has 0 fully saturated rings. The van der Waals surface area contributed by atoms with Gasteiger partial charge in [0, 0.05) is 5.25 Å². The van der Waals surface area contributed by atoms with Crippen LogP contribution in [0.15, 0.2) is 11.5 Å². The summed E-state index contributed by atoms with van der Waals surface area (Å²) < 4.78 is 0. The second-order valence-corrected chi connectivity index (χ2v) is 5.25. The Morgan fingerprint density at radius 3 is 1.55 bits per heavy atom. The van der Waals surface area contributed by atoms with Gasteiger partial charge in [-0.3, -0.25) is 0 Å². The van der Waals surface area contributed by atoms with Gasteiger partial charge >= 0.3 is 0 Å². The molecule has 0 unspecified atom stereocenters. The number of rotatable bonds is 4. The first kappa shape index (κ1) is 11.1. The van der Waals surface area contributed by atoms with Crippen molar-refractivity contribution in [2.75, 3.05) is 0 Å². The molecule has 11 heavy (non-hydrogen) atoms. The molecule has 1 heteroatoms. The average molecular weight is 172 g/mol. The van der Waals surface area contributed by atoms with E-state index in [1.54, 1.807) is 0 Å². The van der Waals surface area contributed by atoms with Crippen LogP contribution in [0.2, 0.25) is 0 Å². The van der Waals surface area contributed by atoms with E-state index in [0.29, 0.717) is 0 Å². The lowest BCUT2D eigenvalue weighted by molar-refractivity contribution is 0.488. The summed E-state index contributed by atoms with van der Waals surface area (Å²) in [6.45, 7) is 15.1. The predicted octanol–water partition coefficient (Wildman–Crippen LogP) is 3.93. The first-order valence-corrected chi connectivity index (χ1v) is 5.15. The van der Waals surface area contributed by atoms with E-state index in [0.717, 1.165) is 17.1 Å². The van der Waals surface area contributed by atoms with Gasteiger partial charge in [0.15, 0.2) is 0 Å². The molecule has 0 atom stereocenters. The van der Waals surface area contributed by atoms with Crippen LogP contribution in [0.4, 0.5) is 0 Å². The summed E-state index contributed by atoms with van der Waals surface area (Å²) >= 11 is 1.92. The van der Waals surface area contributed by atoms with Crippen molar-refractivity contribution in [3.63, 3.8) is 0 Å². The van der Waals surface area contributed by atoms with Gasteiger partial charge in [-0.15, -0.1) is 11.8 Å². The van der Waals surface area contributed by atoms with Crippen LogP contribution in [-0.4, -0.2) is 5.25 Å². The van der Waals surface area contributed by atoms with Crippen LogP contribution in [0, 0.1) is 11.8 Å². The van der Waals surface area contributed by atoms with Crippen molar-refractivity contribution in [3.05, 3.63) is 11.5 Å². The van der Waals surface area contributed by atoms with E-state index in [4.69, 9.17) is 0 Å². The fourth-order valence-corrected chi connectivity index (χ4v) is 2.28. The van der Waals surface area contributed by atoms with Gasteiger partial charge in [-0.05, 0) is 23.7 Å². The average Bonchev–Trinajstić information content (AvgIpc) is 1.81. The van der Waals surface area contributed by atoms with Crippen molar-refractivity contribution >= 4 is 11.8 Å². The number of hydrogen-bond donors (Lipinski definition) is 0. The van der Waals surface area contributed by atoms with E-state index in [9.17, 15) is 0 Å². The summed E-state index contributed by atoms with van der Waals surface area (Å²) in [5.41, 5.74) is 0. The molecule has 0 spiro atoms. The third-order valence-corrected chi connectivity index (χ3v) is 3.41. The molecule has 0 aromatic rings. The molecule has 0 aromatic heterocycles. The molecule has 0 saturated carbocycles. The first-order chi connectivity index (χ1) is 4.95. The maximum Gasteiger partial charge on any atom is 0.0137 e. The summed E-state index contributed by atoms with van der Waals surface area (Å²) in [5, 5.41) is 0.729. The Morgan fingerprint density at radius 2 is 1.45 bits per heavy atom. The maximum absolute atomic E-state index is 3.92. The Labute approximate surface area is 75.5 Å². The van der Waals surface area contributed by atoms with E-state index in [2.05, 4.69) is 41.2 Å². The summed E-state index contributed by atoms with van der Waals surface area (Å²) in [4.78, 5) is 1.23. The van der Waals surface area contributed by atoms with Crippen LogP contribution in [-0.2, 0) is 0 Å². The van der Waals surface area contributed by atoms with Gasteiger partial charge < -0.3 is 0 Å². The smallest absolute Gasteiger partial charge is 0.0137 e. The lowest BCUT2D eigenvalue weighted by Crippen LogP contribution is -2.17. The quantitative estimate of drug-likeness (QED) is 0.619. The van der Waals surface area contributed by atoms with Gasteiger partial charge in [0.1, 0.15) is 0 Å². The standard InChI is InChI=1S/C10H20S/c1-7(2)10(8(3)4)11-9(5)6/h7-8,10H,5H2,1-4,6H3. The second kappa shape index (κ2) is 4.87. The monoisotopic (exact) mass is 172 g/mol. The molecule has 0 aliphatic rings. The van der Waals surface area contributed by atoms with Gasteiger partial charge in [-0.1, -0.05) is 34.3 Å². The molecule has 0 aliphatic carbocycles. The van der Waals surface area contributed by atoms with E-state index in [1.807, 2.05) is 11.8 Å². The summed E-state index contributed by atoms with van der Waals surface area (Å²) in [6.07, 6.45) is 0. The minimum atomic E-state index is 0.729. The molecule has 0 nitrogen and oxygen atoms in total. The van der Waals surface area contributed by atoms with E-state index in [-0.39, 0.29) is 0 Å². The van der Waals surface area contributed by atoms with E-state index >= 15 is 0 Å².